The van der Waals surface area contributed by atoms with Crippen LogP contribution in [0.1, 0.15) is 22.8 Å². The van der Waals surface area contributed by atoms with Gasteiger partial charge in [0.2, 0.25) is 11.8 Å². The van der Waals surface area contributed by atoms with Crippen molar-refractivity contribution in [2.24, 2.45) is 5.73 Å². The van der Waals surface area contributed by atoms with Crippen LogP contribution < -0.4 is 15.8 Å². The smallest absolute Gasteiger partial charge is 0.248 e. The van der Waals surface area contributed by atoms with Crippen LogP contribution in [0.2, 0.25) is 0 Å². The number of anilines is 1. The van der Waals surface area contributed by atoms with E-state index in [0.29, 0.717) is 18.1 Å². The summed E-state index contributed by atoms with van der Waals surface area (Å²) in [7, 11) is 0. The SMILES string of the molecule is CCOc1ccc(NCc2ccc(C(N)=O)cc2F)cn1. The topological polar surface area (TPSA) is 77.2 Å². The molecule has 0 saturated carbocycles. The van der Waals surface area contributed by atoms with E-state index in [9.17, 15) is 9.18 Å². The van der Waals surface area contributed by atoms with Gasteiger partial charge in [0.05, 0.1) is 18.5 Å². The maximum Gasteiger partial charge on any atom is 0.248 e. The molecule has 0 saturated heterocycles. The second-order valence-electron chi connectivity index (χ2n) is 4.34. The average molecular weight is 289 g/mol. The number of aromatic nitrogens is 1. The fraction of sp³-hybridized carbons (Fsp3) is 0.200. The van der Waals surface area contributed by atoms with E-state index < -0.39 is 11.7 Å². The minimum Gasteiger partial charge on any atom is -0.478 e. The molecule has 0 atom stereocenters. The van der Waals surface area contributed by atoms with E-state index in [1.54, 1.807) is 18.3 Å². The van der Waals surface area contributed by atoms with E-state index in [1.807, 2.05) is 6.92 Å². The standard InChI is InChI=1S/C15H16FN3O2/c1-2-21-14-6-5-12(9-19-14)18-8-11-4-3-10(15(17)20)7-13(11)16/h3-7,9,18H,2,8H2,1H3,(H2,17,20). The fourth-order valence-corrected chi connectivity index (χ4v) is 1.76. The van der Waals surface area contributed by atoms with E-state index in [4.69, 9.17) is 10.5 Å². The summed E-state index contributed by atoms with van der Waals surface area (Å²) in [5.41, 5.74) is 6.43. The molecule has 3 N–H and O–H groups in total. The summed E-state index contributed by atoms with van der Waals surface area (Å²) in [6.45, 7) is 2.71. The van der Waals surface area contributed by atoms with Crippen LogP contribution in [-0.4, -0.2) is 17.5 Å². The molecule has 0 bridgehead atoms. The highest BCUT2D eigenvalue weighted by Crippen LogP contribution is 2.15. The second-order valence-corrected chi connectivity index (χ2v) is 4.34. The Hall–Kier alpha value is -2.63. The first-order valence-electron chi connectivity index (χ1n) is 6.51. The highest BCUT2D eigenvalue weighted by molar-refractivity contribution is 5.92. The zero-order valence-electron chi connectivity index (χ0n) is 11.6. The van der Waals surface area contributed by atoms with Gasteiger partial charge in [-0.3, -0.25) is 4.79 Å². The normalized spacial score (nSPS) is 10.2. The van der Waals surface area contributed by atoms with Gasteiger partial charge in [-0.15, -0.1) is 0 Å². The van der Waals surface area contributed by atoms with Crippen LogP contribution in [0.15, 0.2) is 36.5 Å². The number of carbonyl (C=O) groups is 1. The maximum absolute atomic E-state index is 13.8. The minimum absolute atomic E-state index is 0.152. The Kier molecular flexibility index (Phi) is 4.71. The van der Waals surface area contributed by atoms with Crippen LogP contribution in [0.4, 0.5) is 10.1 Å². The van der Waals surface area contributed by atoms with Crippen molar-refractivity contribution in [1.82, 2.24) is 4.98 Å². The lowest BCUT2D eigenvalue weighted by Gasteiger charge is -2.09. The fourth-order valence-electron chi connectivity index (χ4n) is 1.76. The van der Waals surface area contributed by atoms with Crippen molar-refractivity contribution in [3.05, 3.63) is 53.5 Å². The number of nitrogens with one attached hydrogen (secondary N) is 1. The summed E-state index contributed by atoms with van der Waals surface area (Å²) < 4.78 is 19.0. The van der Waals surface area contributed by atoms with Gasteiger partial charge in [-0.1, -0.05) is 6.07 Å². The van der Waals surface area contributed by atoms with Crippen molar-refractivity contribution in [1.29, 1.82) is 0 Å². The summed E-state index contributed by atoms with van der Waals surface area (Å²) in [6.07, 6.45) is 1.61. The number of primary amides is 1. The number of pyridine rings is 1. The maximum atomic E-state index is 13.8. The third-order valence-corrected chi connectivity index (χ3v) is 2.85. The Labute approximate surface area is 121 Å². The van der Waals surface area contributed by atoms with E-state index in [2.05, 4.69) is 10.3 Å². The van der Waals surface area contributed by atoms with Gasteiger partial charge >= 0.3 is 0 Å². The molecule has 1 amide bonds. The van der Waals surface area contributed by atoms with Crippen molar-refractivity contribution in [2.75, 3.05) is 11.9 Å². The number of benzene rings is 1. The van der Waals surface area contributed by atoms with Gasteiger partial charge in [0.1, 0.15) is 5.82 Å². The molecule has 0 unspecified atom stereocenters. The lowest BCUT2D eigenvalue weighted by molar-refractivity contribution is 0.1000. The zero-order chi connectivity index (χ0) is 15.2. The molecule has 0 aliphatic carbocycles. The van der Waals surface area contributed by atoms with E-state index in [1.165, 1.54) is 12.1 Å². The summed E-state index contributed by atoms with van der Waals surface area (Å²) in [6, 6.07) is 7.70. The second kappa shape index (κ2) is 6.69. The predicted molar refractivity (Wildman–Crippen MR) is 77.7 cm³/mol. The van der Waals surface area contributed by atoms with Crippen LogP contribution in [-0.2, 0) is 6.54 Å². The number of ether oxygens (including phenoxy) is 1. The number of amides is 1. The lowest BCUT2D eigenvalue weighted by atomic mass is 10.1. The number of hydrogen-bond acceptors (Lipinski definition) is 4. The van der Waals surface area contributed by atoms with E-state index in [-0.39, 0.29) is 12.1 Å². The molecule has 110 valence electrons. The highest BCUT2D eigenvalue weighted by Gasteiger charge is 2.07. The monoisotopic (exact) mass is 289 g/mol. The number of carbonyl (C=O) groups excluding carboxylic acids is 1. The minimum atomic E-state index is -0.649. The third kappa shape index (κ3) is 3.92. The number of nitrogens with zero attached hydrogens (tertiary/aromatic N) is 1. The Morgan fingerprint density at radius 2 is 2.19 bits per heavy atom. The largest absolute Gasteiger partial charge is 0.478 e. The van der Waals surface area contributed by atoms with Crippen molar-refractivity contribution < 1.29 is 13.9 Å². The number of rotatable bonds is 6. The molecule has 0 fully saturated rings. The van der Waals surface area contributed by atoms with Crippen molar-refractivity contribution in [3.63, 3.8) is 0 Å². The molecule has 1 aromatic carbocycles. The summed E-state index contributed by atoms with van der Waals surface area (Å²) in [5.74, 6) is -0.582. The van der Waals surface area contributed by atoms with Gasteiger partial charge in [0, 0.05) is 23.7 Å². The van der Waals surface area contributed by atoms with Gasteiger partial charge in [-0.25, -0.2) is 9.37 Å². The molecule has 2 aromatic rings. The van der Waals surface area contributed by atoms with Gasteiger partial charge in [-0.2, -0.15) is 0 Å². The van der Waals surface area contributed by atoms with Gasteiger partial charge in [-0.05, 0) is 25.1 Å². The molecule has 1 aromatic heterocycles. The van der Waals surface area contributed by atoms with Crippen molar-refractivity contribution >= 4 is 11.6 Å². The summed E-state index contributed by atoms with van der Waals surface area (Å²) in [4.78, 5) is 15.0. The third-order valence-electron chi connectivity index (χ3n) is 2.85. The molecule has 6 heteroatoms. The van der Waals surface area contributed by atoms with Crippen LogP contribution in [0.3, 0.4) is 0 Å². The highest BCUT2D eigenvalue weighted by atomic mass is 19.1. The van der Waals surface area contributed by atoms with Gasteiger partial charge < -0.3 is 15.8 Å². The first-order chi connectivity index (χ1) is 10.1. The van der Waals surface area contributed by atoms with Crippen molar-refractivity contribution in [2.45, 2.75) is 13.5 Å². The molecule has 0 radical (unpaired) electrons. The van der Waals surface area contributed by atoms with Crippen LogP contribution in [0, 0.1) is 5.82 Å². The molecule has 2 rings (SSSR count). The Morgan fingerprint density at radius 3 is 2.76 bits per heavy atom. The number of hydrogen-bond donors (Lipinski definition) is 2. The Bertz CT molecular complexity index is 629. The summed E-state index contributed by atoms with van der Waals surface area (Å²) in [5, 5.41) is 3.05. The molecule has 0 aliphatic heterocycles. The molecule has 0 aliphatic rings. The molecule has 1 heterocycles. The molecular weight excluding hydrogens is 273 g/mol. The Balaban J connectivity index is 2.01. The average Bonchev–Trinajstić information content (AvgIpc) is 2.47. The van der Waals surface area contributed by atoms with E-state index >= 15 is 0 Å². The molecule has 5 nitrogen and oxygen atoms in total. The number of nitrogens with two attached hydrogens (primary N) is 1. The quantitative estimate of drug-likeness (QED) is 0.855. The van der Waals surface area contributed by atoms with Crippen LogP contribution >= 0.6 is 0 Å². The molecular formula is C15H16FN3O2. The lowest BCUT2D eigenvalue weighted by Crippen LogP contribution is -2.12. The zero-order valence-corrected chi connectivity index (χ0v) is 11.6. The van der Waals surface area contributed by atoms with Crippen molar-refractivity contribution in [3.8, 4) is 5.88 Å². The van der Waals surface area contributed by atoms with Crippen LogP contribution in [0.5, 0.6) is 5.88 Å². The Morgan fingerprint density at radius 1 is 1.38 bits per heavy atom. The number of halogens is 1. The first kappa shape index (κ1) is 14.8. The molecule has 21 heavy (non-hydrogen) atoms. The first-order valence-corrected chi connectivity index (χ1v) is 6.51. The van der Waals surface area contributed by atoms with E-state index in [0.717, 1.165) is 11.8 Å². The predicted octanol–water partition coefficient (Wildman–Crippen LogP) is 2.33. The van der Waals surface area contributed by atoms with Gasteiger partial charge in [0.25, 0.3) is 0 Å². The van der Waals surface area contributed by atoms with Gasteiger partial charge in [0.15, 0.2) is 0 Å². The molecule has 0 spiro atoms. The summed E-state index contributed by atoms with van der Waals surface area (Å²) >= 11 is 0. The van der Waals surface area contributed by atoms with Crippen LogP contribution in [0.25, 0.3) is 0 Å².